The number of rotatable bonds is 4. The molecule has 1 heterocycles. The first kappa shape index (κ1) is 16.9. The number of sulfonamides is 1. The van der Waals surface area contributed by atoms with Crippen LogP contribution in [0.4, 0.5) is 5.69 Å². The molecule has 1 fully saturated rings. The molecule has 1 aliphatic heterocycles. The quantitative estimate of drug-likeness (QED) is 0.722. The molecule has 1 atom stereocenters. The highest BCUT2D eigenvalue weighted by atomic mass is 32.2. The number of primary sulfonamides is 1. The summed E-state index contributed by atoms with van der Waals surface area (Å²) in [5.74, 6) is -0.252. The Morgan fingerprint density at radius 3 is 2.86 bits per heavy atom. The number of aliphatic hydroxyl groups is 1. The molecule has 1 saturated heterocycles. The van der Waals surface area contributed by atoms with Crippen molar-refractivity contribution in [3.63, 3.8) is 0 Å². The molecule has 4 N–H and O–H groups in total. The molecule has 1 aliphatic rings. The van der Waals surface area contributed by atoms with E-state index >= 15 is 0 Å². The Morgan fingerprint density at radius 2 is 2.23 bits per heavy atom. The number of carbonyl (C=O) groups excluding carboxylic acids is 1. The zero-order valence-corrected chi connectivity index (χ0v) is 13.3. The largest absolute Gasteiger partial charge is 0.392 e. The van der Waals surface area contributed by atoms with Crippen LogP contribution in [0.5, 0.6) is 0 Å². The molecule has 0 spiro atoms. The second-order valence-corrected chi connectivity index (χ2v) is 7.13. The van der Waals surface area contributed by atoms with E-state index < -0.39 is 16.1 Å². The van der Waals surface area contributed by atoms with Crippen molar-refractivity contribution in [2.45, 2.75) is 30.8 Å². The molecule has 0 bridgehead atoms. The van der Waals surface area contributed by atoms with Gasteiger partial charge < -0.3 is 10.4 Å². The minimum atomic E-state index is -3.82. The molecule has 7 nitrogen and oxygen atoms in total. The van der Waals surface area contributed by atoms with Gasteiger partial charge in [0, 0.05) is 12.2 Å². The lowest BCUT2D eigenvalue weighted by Gasteiger charge is -2.29. The minimum Gasteiger partial charge on any atom is -0.392 e. The minimum absolute atomic E-state index is 0.00121. The second-order valence-electron chi connectivity index (χ2n) is 5.60. The zero-order chi connectivity index (χ0) is 16.3. The number of hydrogen-bond acceptors (Lipinski definition) is 5. The first-order chi connectivity index (χ1) is 10.3. The molecule has 0 saturated carbocycles. The van der Waals surface area contributed by atoms with Gasteiger partial charge in [-0.2, -0.15) is 0 Å². The Kier molecular flexibility index (Phi) is 5.17. The van der Waals surface area contributed by atoms with Crippen LogP contribution in [-0.2, 0) is 14.8 Å². The summed E-state index contributed by atoms with van der Waals surface area (Å²) in [5, 5.41) is 17.4. The number of nitrogens with one attached hydrogen (secondary N) is 1. The van der Waals surface area contributed by atoms with Crippen LogP contribution in [0.2, 0.25) is 0 Å². The Bertz CT molecular complexity index is 660. The van der Waals surface area contributed by atoms with E-state index in [1.165, 1.54) is 6.07 Å². The number of nitrogens with zero attached hydrogens (tertiary/aromatic N) is 1. The van der Waals surface area contributed by atoms with Crippen molar-refractivity contribution in [2.24, 2.45) is 5.14 Å². The van der Waals surface area contributed by atoms with Crippen molar-refractivity contribution < 1.29 is 18.3 Å². The maximum Gasteiger partial charge on any atom is 0.238 e. The van der Waals surface area contributed by atoms with Crippen molar-refractivity contribution in [3.8, 4) is 0 Å². The van der Waals surface area contributed by atoms with E-state index in [9.17, 15) is 18.3 Å². The summed E-state index contributed by atoms with van der Waals surface area (Å²) < 4.78 is 22.9. The van der Waals surface area contributed by atoms with Crippen molar-refractivity contribution in [1.29, 1.82) is 0 Å². The zero-order valence-electron chi connectivity index (χ0n) is 12.4. The Hall–Kier alpha value is -1.48. The third-order valence-electron chi connectivity index (χ3n) is 3.63. The fourth-order valence-electron chi connectivity index (χ4n) is 2.56. The van der Waals surface area contributed by atoms with Gasteiger partial charge in [0.15, 0.2) is 0 Å². The third kappa shape index (κ3) is 4.51. The summed E-state index contributed by atoms with van der Waals surface area (Å²) >= 11 is 0. The van der Waals surface area contributed by atoms with Gasteiger partial charge in [-0.05, 0) is 44.0 Å². The van der Waals surface area contributed by atoms with Crippen LogP contribution in [-0.4, -0.2) is 50.1 Å². The number of carbonyl (C=O) groups is 1. The molecule has 2 rings (SSSR count). The molecule has 1 aromatic carbocycles. The molecule has 122 valence electrons. The van der Waals surface area contributed by atoms with Gasteiger partial charge in [0.1, 0.15) is 0 Å². The number of aryl methyl sites for hydroxylation is 1. The van der Waals surface area contributed by atoms with Crippen molar-refractivity contribution >= 4 is 21.6 Å². The maximum atomic E-state index is 12.0. The van der Waals surface area contributed by atoms with Gasteiger partial charge in [0.05, 0.1) is 17.5 Å². The summed E-state index contributed by atoms with van der Waals surface area (Å²) in [6.07, 6.45) is 1.22. The van der Waals surface area contributed by atoms with Crippen LogP contribution in [0.1, 0.15) is 18.4 Å². The molecular weight excluding hydrogens is 306 g/mol. The highest BCUT2D eigenvalue weighted by molar-refractivity contribution is 7.89. The predicted octanol–water partition coefficient (Wildman–Crippen LogP) is 0.0376. The fourth-order valence-corrected chi connectivity index (χ4v) is 3.37. The van der Waals surface area contributed by atoms with E-state index in [1.807, 2.05) is 4.90 Å². The van der Waals surface area contributed by atoms with Gasteiger partial charge in [-0.15, -0.1) is 0 Å². The highest BCUT2D eigenvalue weighted by Gasteiger charge is 2.20. The molecule has 1 aromatic rings. The summed E-state index contributed by atoms with van der Waals surface area (Å²) in [4.78, 5) is 13.9. The van der Waals surface area contributed by atoms with E-state index in [4.69, 9.17) is 5.14 Å². The number of nitrogens with two attached hydrogens (primary N) is 1. The SMILES string of the molecule is Cc1ccc(NC(=O)CN2CCC[C@@H](O)C2)cc1S(N)(=O)=O. The predicted molar refractivity (Wildman–Crippen MR) is 82.9 cm³/mol. The van der Waals surface area contributed by atoms with Crippen LogP contribution >= 0.6 is 0 Å². The summed E-state index contributed by atoms with van der Waals surface area (Å²) in [6, 6.07) is 4.58. The highest BCUT2D eigenvalue weighted by Crippen LogP contribution is 2.19. The number of β-amino-alcohol motifs (C(OH)–C–C–N with tert-alkyl or cyclic N) is 1. The van der Waals surface area contributed by atoms with E-state index in [2.05, 4.69) is 5.32 Å². The molecule has 0 radical (unpaired) electrons. The number of piperidine rings is 1. The Labute approximate surface area is 130 Å². The Morgan fingerprint density at radius 1 is 1.50 bits per heavy atom. The smallest absolute Gasteiger partial charge is 0.238 e. The summed E-state index contributed by atoms with van der Waals surface area (Å²) in [6.45, 7) is 3.04. The lowest BCUT2D eigenvalue weighted by Crippen LogP contribution is -2.42. The first-order valence-electron chi connectivity index (χ1n) is 7.09. The van der Waals surface area contributed by atoms with Crippen LogP contribution in [0.3, 0.4) is 0 Å². The van der Waals surface area contributed by atoms with Gasteiger partial charge in [0.2, 0.25) is 15.9 Å². The summed E-state index contributed by atoms with van der Waals surface area (Å²) in [5.41, 5.74) is 0.914. The van der Waals surface area contributed by atoms with Gasteiger partial charge in [-0.3, -0.25) is 9.69 Å². The Balaban J connectivity index is 2.03. The topological polar surface area (TPSA) is 113 Å². The number of anilines is 1. The molecule has 8 heteroatoms. The lowest BCUT2D eigenvalue weighted by atomic mass is 10.1. The molecule has 1 amide bonds. The number of aliphatic hydroxyl groups excluding tert-OH is 1. The average Bonchev–Trinajstić information content (AvgIpc) is 2.39. The molecule has 22 heavy (non-hydrogen) atoms. The molecule has 0 aliphatic carbocycles. The maximum absolute atomic E-state index is 12.0. The van der Waals surface area contributed by atoms with Gasteiger partial charge in [0.25, 0.3) is 0 Å². The third-order valence-corrected chi connectivity index (χ3v) is 4.68. The van der Waals surface area contributed by atoms with E-state index in [0.717, 1.165) is 19.4 Å². The van der Waals surface area contributed by atoms with Crippen molar-refractivity contribution in [2.75, 3.05) is 25.0 Å². The van der Waals surface area contributed by atoms with E-state index in [1.54, 1.807) is 19.1 Å². The van der Waals surface area contributed by atoms with Crippen LogP contribution in [0.25, 0.3) is 0 Å². The van der Waals surface area contributed by atoms with Gasteiger partial charge in [-0.1, -0.05) is 6.07 Å². The van der Waals surface area contributed by atoms with Crippen molar-refractivity contribution in [1.82, 2.24) is 4.90 Å². The van der Waals surface area contributed by atoms with E-state index in [0.29, 0.717) is 17.8 Å². The number of amides is 1. The van der Waals surface area contributed by atoms with Crippen LogP contribution < -0.4 is 10.5 Å². The summed E-state index contributed by atoms with van der Waals surface area (Å²) in [7, 11) is -3.82. The standard InChI is InChI=1S/C14H21N3O4S/c1-10-4-5-11(7-13(10)22(15,20)21)16-14(19)9-17-6-2-3-12(18)8-17/h4-5,7,12,18H,2-3,6,8-9H2,1H3,(H,16,19)(H2,15,20,21)/t12-/m1/s1. The van der Waals surface area contributed by atoms with Crippen LogP contribution in [0, 0.1) is 6.92 Å². The van der Waals surface area contributed by atoms with Crippen LogP contribution in [0.15, 0.2) is 23.1 Å². The first-order valence-corrected chi connectivity index (χ1v) is 8.64. The average molecular weight is 327 g/mol. The number of hydrogen-bond donors (Lipinski definition) is 3. The fraction of sp³-hybridized carbons (Fsp3) is 0.500. The second kappa shape index (κ2) is 6.74. The monoisotopic (exact) mass is 327 g/mol. The lowest BCUT2D eigenvalue weighted by molar-refractivity contribution is -0.118. The van der Waals surface area contributed by atoms with E-state index in [-0.39, 0.29) is 17.3 Å². The van der Waals surface area contributed by atoms with Crippen molar-refractivity contribution in [3.05, 3.63) is 23.8 Å². The van der Waals surface area contributed by atoms with Gasteiger partial charge >= 0.3 is 0 Å². The number of benzene rings is 1. The normalized spacial score (nSPS) is 19.9. The molecule has 0 unspecified atom stereocenters. The molecule has 0 aromatic heterocycles. The number of likely N-dealkylation sites (tertiary alicyclic amines) is 1. The van der Waals surface area contributed by atoms with Gasteiger partial charge in [-0.25, -0.2) is 13.6 Å². The molecular formula is C14H21N3O4S.